The second-order valence-electron chi connectivity index (χ2n) is 5.29. The van der Waals surface area contributed by atoms with Crippen molar-refractivity contribution in [3.8, 4) is 6.07 Å². The van der Waals surface area contributed by atoms with Crippen LogP contribution in [-0.4, -0.2) is 36.4 Å². The monoisotopic (exact) mass is 326 g/mol. The van der Waals surface area contributed by atoms with E-state index in [0.29, 0.717) is 12.8 Å². The fourth-order valence-electron chi connectivity index (χ4n) is 2.50. The number of sulfonamides is 1. The van der Waals surface area contributed by atoms with E-state index in [4.69, 9.17) is 10.4 Å². The van der Waals surface area contributed by atoms with Gasteiger partial charge in [0.25, 0.3) is 0 Å². The number of carboxylic acid groups (broad SMARTS) is 1. The molecule has 8 heteroatoms. The summed E-state index contributed by atoms with van der Waals surface area (Å²) in [6, 6.07) is 4.23. The number of piperidine rings is 1. The second kappa shape index (κ2) is 6.02. The molecule has 22 heavy (non-hydrogen) atoms. The van der Waals surface area contributed by atoms with Crippen LogP contribution in [0, 0.1) is 23.1 Å². The van der Waals surface area contributed by atoms with Gasteiger partial charge < -0.3 is 5.11 Å². The highest BCUT2D eigenvalue weighted by molar-refractivity contribution is 7.89. The van der Waals surface area contributed by atoms with Crippen molar-refractivity contribution in [2.45, 2.75) is 30.7 Å². The lowest BCUT2D eigenvalue weighted by Gasteiger charge is -2.35. The zero-order valence-electron chi connectivity index (χ0n) is 11.9. The van der Waals surface area contributed by atoms with Crippen LogP contribution in [0.4, 0.5) is 4.39 Å². The highest BCUT2D eigenvalue weighted by Gasteiger charge is 2.37. The molecule has 0 aromatic heterocycles. The fraction of sp³-hybridized carbons (Fsp3) is 0.429. The van der Waals surface area contributed by atoms with Crippen molar-refractivity contribution < 1.29 is 22.7 Å². The second-order valence-corrected chi connectivity index (χ2v) is 7.18. The molecule has 0 aliphatic carbocycles. The highest BCUT2D eigenvalue weighted by Crippen LogP contribution is 2.29. The Balaban J connectivity index is 2.40. The molecule has 0 radical (unpaired) electrons. The first-order chi connectivity index (χ1) is 10.3. The van der Waals surface area contributed by atoms with E-state index in [0.717, 1.165) is 22.5 Å². The molecule has 0 amide bonds. The number of hydrogen-bond acceptors (Lipinski definition) is 4. The molecule has 1 aromatic carbocycles. The molecule has 1 aliphatic heterocycles. The van der Waals surface area contributed by atoms with Gasteiger partial charge in [-0.2, -0.15) is 9.57 Å². The predicted octanol–water partition coefficient (Wildman–Crippen LogP) is 1.57. The molecule has 0 spiro atoms. The zero-order chi connectivity index (χ0) is 16.5. The predicted molar refractivity (Wildman–Crippen MR) is 74.8 cm³/mol. The maximum atomic E-state index is 13.3. The number of carbonyl (C=O) groups is 1. The van der Waals surface area contributed by atoms with Gasteiger partial charge in [-0.1, -0.05) is 0 Å². The SMILES string of the molecule is CC1CCC(C(=O)O)CN1S(=O)(=O)c1ccc(F)c(C#N)c1. The topological polar surface area (TPSA) is 98.5 Å². The zero-order valence-corrected chi connectivity index (χ0v) is 12.7. The first kappa shape index (κ1) is 16.4. The van der Waals surface area contributed by atoms with Gasteiger partial charge in [-0.3, -0.25) is 4.79 Å². The molecular formula is C14H15FN2O4S. The van der Waals surface area contributed by atoms with Gasteiger partial charge >= 0.3 is 5.97 Å². The number of halogens is 1. The van der Waals surface area contributed by atoms with E-state index in [-0.39, 0.29) is 23.0 Å². The average molecular weight is 326 g/mol. The van der Waals surface area contributed by atoms with Gasteiger partial charge in [-0.25, -0.2) is 12.8 Å². The Morgan fingerprint density at radius 2 is 2.14 bits per heavy atom. The number of nitrogens with zero attached hydrogens (tertiary/aromatic N) is 2. The normalized spacial score (nSPS) is 23.0. The van der Waals surface area contributed by atoms with Crippen LogP contribution >= 0.6 is 0 Å². The molecule has 1 N–H and O–H groups in total. The number of rotatable bonds is 3. The third-order valence-corrected chi connectivity index (χ3v) is 5.82. The third-order valence-electron chi connectivity index (χ3n) is 3.84. The van der Waals surface area contributed by atoms with Crippen molar-refractivity contribution in [1.29, 1.82) is 5.26 Å². The molecule has 2 unspecified atom stereocenters. The molecule has 1 fully saturated rings. The molecule has 118 valence electrons. The summed E-state index contributed by atoms with van der Waals surface area (Å²) in [5.41, 5.74) is -0.361. The molecule has 2 atom stereocenters. The lowest BCUT2D eigenvalue weighted by atomic mass is 9.96. The van der Waals surface area contributed by atoms with Gasteiger partial charge in [0.1, 0.15) is 11.9 Å². The Kier molecular flexibility index (Phi) is 4.49. The summed E-state index contributed by atoms with van der Waals surface area (Å²) in [4.78, 5) is 10.9. The van der Waals surface area contributed by atoms with E-state index in [1.165, 1.54) is 0 Å². The molecule has 1 heterocycles. The molecule has 1 aromatic rings. The maximum Gasteiger partial charge on any atom is 0.307 e. The van der Waals surface area contributed by atoms with Crippen LogP contribution in [0.2, 0.25) is 0 Å². The lowest BCUT2D eigenvalue weighted by Crippen LogP contribution is -2.47. The Labute approximate surface area is 127 Å². The molecule has 6 nitrogen and oxygen atoms in total. The average Bonchev–Trinajstić information content (AvgIpc) is 2.47. The van der Waals surface area contributed by atoms with E-state index in [1.807, 2.05) is 0 Å². The Morgan fingerprint density at radius 1 is 1.45 bits per heavy atom. The number of aliphatic carboxylic acids is 1. The van der Waals surface area contributed by atoms with Gasteiger partial charge in [0.15, 0.2) is 0 Å². The largest absolute Gasteiger partial charge is 0.481 e. The minimum Gasteiger partial charge on any atom is -0.481 e. The number of carboxylic acids is 1. The highest BCUT2D eigenvalue weighted by atomic mass is 32.2. The summed E-state index contributed by atoms with van der Waals surface area (Å²) in [6.07, 6.45) is 0.845. The van der Waals surface area contributed by atoms with Crippen LogP contribution in [0.15, 0.2) is 23.1 Å². The molecule has 1 aliphatic rings. The lowest BCUT2D eigenvalue weighted by molar-refractivity contribution is -0.143. The molecule has 0 saturated carbocycles. The van der Waals surface area contributed by atoms with Gasteiger partial charge in [0.05, 0.1) is 16.4 Å². The first-order valence-electron chi connectivity index (χ1n) is 6.71. The van der Waals surface area contributed by atoms with E-state index in [1.54, 1.807) is 13.0 Å². The minimum atomic E-state index is -3.97. The molecular weight excluding hydrogens is 311 g/mol. The van der Waals surface area contributed by atoms with Crippen LogP contribution in [0.3, 0.4) is 0 Å². The summed E-state index contributed by atoms with van der Waals surface area (Å²) >= 11 is 0. The smallest absolute Gasteiger partial charge is 0.307 e. The number of hydrogen-bond donors (Lipinski definition) is 1. The van der Waals surface area contributed by atoms with Crippen LogP contribution in [0.25, 0.3) is 0 Å². The summed E-state index contributed by atoms with van der Waals surface area (Å²) in [6.45, 7) is 1.57. The summed E-state index contributed by atoms with van der Waals surface area (Å²) in [5, 5.41) is 17.9. The Bertz CT molecular complexity index is 742. The number of nitriles is 1. The van der Waals surface area contributed by atoms with Crippen LogP contribution in [0.1, 0.15) is 25.3 Å². The standard InChI is InChI=1S/C14H15FN2O4S/c1-9-2-3-10(14(18)19)8-17(9)22(20,21)12-4-5-13(15)11(6-12)7-16/h4-6,9-10H,2-3,8H2,1H3,(H,18,19). The summed E-state index contributed by atoms with van der Waals surface area (Å²) in [7, 11) is -3.97. The quantitative estimate of drug-likeness (QED) is 0.909. The van der Waals surface area contributed by atoms with Crippen molar-refractivity contribution in [3.63, 3.8) is 0 Å². The minimum absolute atomic E-state index is 0.127. The van der Waals surface area contributed by atoms with Gasteiger partial charge in [-0.15, -0.1) is 0 Å². The van der Waals surface area contributed by atoms with Crippen molar-refractivity contribution in [3.05, 3.63) is 29.6 Å². The van der Waals surface area contributed by atoms with Gasteiger partial charge in [0, 0.05) is 12.6 Å². The van der Waals surface area contributed by atoms with Crippen molar-refractivity contribution in [2.24, 2.45) is 5.92 Å². The molecule has 1 saturated heterocycles. The first-order valence-corrected chi connectivity index (χ1v) is 8.15. The van der Waals surface area contributed by atoms with Crippen LogP contribution < -0.4 is 0 Å². The van der Waals surface area contributed by atoms with Crippen LogP contribution in [0.5, 0.6) is 0 Å². The molecule has 2 rings (SSSR count). The Hall–Kier alpha value is -1.98. The van der Waals surface area contributed by atoms with E-state index < -0.39 is 27.7 Å². The summed E-state index contributed by atoms with van der Waals surface area (Å²) in [5.74, 6) is -2.60. The van der Waals surface area contributed by atoms with E-state index >= 15 is 0 Å². The Morgan fingerprint density at radius 3 is 2.73 bits per heavy atom. The van der Waals surface area contributed by atoms with Crippen molar-refractivity contribution in [1.82, 2.24) is 4.31 Å². The van der Waals surface area contributed by atoms with E-state index in [9.17, 15) is 17.6 Å². The van der Waals surface area contributed by atoms with Crippen molar-refractivity contribution >= 4 is 16.0 Å². The summed E-state index contributed by atoms with van der Waals surface area (Å²) < 4.78 is 39.7. The third kappa shape index (κ3) is 2.96. The van der Waals surface area contributed by atoms with Crippen molar-refractivity contribution in [2.75, 3.05) is 6.54 Å². The maximum absolute atomic E-state index is 13.3. The molecule has 0 bridgehead atoms. The van der Waals surface area contributed by atoms with Crippen LogP contribution in [-0.2, 0) is 14.8 Å². The van der Waals surface area contributed by atoms with E-state index in [2.05, 4.69) is 0 Å². The van der Waals surface area contributed by atoms with Gasteiger partial charge in [0.2, 0.25) is 10.0 Å². The van der Waals surface area contributed by atoms with Gasteiger partial charge in [-0.05, 0) is 38.0 Å². The number of benzene rings is 1. The fourth-order valence-corrected chi connectivity index (χ4v) is 4.23.